The van der Waals surface area contributed by atoms with Crippen molar-refractivity contribution in [2.24, 2.45) is 17.8 Å². The molecule has 0 amide bonds. The van der Waals surface area contributed by atoms with Crippen molar-refractivity contribution in [3.63, 3.8) is 0 Å². The third kappa shape index (κ3) is 22.7. The largest absolute Gasteiger partial charge is 0.338 e. The molecule has 20 heteroatoms. The lowest BCUT2D eigenvalue weighted by molar-refractivity contribution is -0.124. The Bertz CT molecular complexity index is 4180. The maximum Gasteiger partial charge on any atom is 0.241 e. The summed E-state index contributed by atoms with van der Waals surface area (Å²) in [5.41, 5.74) is 11.2. The van der Waals surface area contributed by atoms with Crippen LogP contribution in [0.3, 0.4) is 0 Å². The van der Waals surface area contributed by atoms with Gasteiger partial charge in [0, 0.05) is 78.1 Å². The van der Waals surface area contributed by atoms with Gasteiger partial charge in [-0.3, -0.25) is 34.2 Å². The molecule has 5 aliphatic heterocycles. The molecule has 5 aromatic carbocycles. The minimum atomic E-state index is 0.104. The molecular weight excluding hydrogens is 1300 g/mol. The number of nitrogens with zero attached hydrogens (tertiary/aromatic N) is 14. The molecule has 0 radical (unpaired) electrons. The number of Topliss-reactive ketones (excluding diaryl/α,β-unsaturated/α-hetero) is 2. The highest BCUT2D eigenvalue weighted by Crippen LogP contribution is 2.29. The third-order valence-corrected chi connectivity index (χ3v) is 20.9. The van der Waals surface area contributed by atoms with Crippen molar-refractivity contribution in [3.05, 3.63) is 209 Å². The molecule has 10 heterocycles. The van der Waals surface area contributed by atoms with E-state index in [9.17, 15) is 9.59 Å². The van der Waals surface area contributed by atoms with E-state index in [0.29, 0.717) is 78.1 Å². The van der Waals surface area contributed by atoms with E-state index in [2.05, 4.69) is 158 Å². The Morgan fingerprint density at radius 3 is 1.38 bits per heavy atom. The Hall–Kier alpha value is -9.05. The lowest BCUT2D eigenvalue weighted by Crippen LogP contribution is -2.42. The van der Waals surface area contributed by atoms with Crippen LogP contribution in [0.25, 0.3) is 45.6 Å². The van der Waals surface area contributed by atoms with Crippen molar-refractivity contribution in [2.45, 2.75) is 170 Å². The molecule has 15 rings (SSSR count). The number of aromatic nitrogens is 9. The van der Waals surface area contributed by atoms with Crippen LogP contribution in [0.4, 0.5) is 0 Å². The average molecular weight is 1410 g/mol. The van der Waals surface area contributed by atoms with Crippen LogP contribution >= 0.6 is 0 Å². The summed E-state index contributed by atoms with van der Waals surface area (Å²) in [6.45, 7) is 23.5. The zero-order valence-corrected chi connectivity index (χ0v) is 61.7. The molecule has 3 unspecified atom stereocenters. The maximum absolute atomic E-state index is 12.7. The Labute approximate surface area is 613 Å². The van der Waals surface area contributed by atoms with Crippen LogP contribution in [0.15, 0.2) is 170 Å². The second-order valence-corrected chi connectivity index (χ2v) is 29.3. The fraction of sp³-hybridized carbons (Fsp3) is 0.464. The van der Waals surface area contributed by atoms with Gasteiger partial charge >= 0.3 is 0 Å². The summed E-state index contributed by atoms with van der Waals surface area (Å²) in [7, 11) is 0. The van der Waals surface area contributed by atoms with Crippen LogP contribution in [0, 0.1) is 45.4 Å². The molecule has 546 valence electrons. The van der Waals surface area contributed by atoms with Crippen LogP contribution in [0.5, 0.6) is 0 Å². The summed E-state index contributed by atoms with van der Waals surface area (Å²) < 4.78 is 21.9. The van der Waals surface area contributed by atoms with Crippen molar-refractivity contribution in [3.8, 4) is 45.6 Å². The van der Waals surface area contributed by atoms with Crippen molar-refractivity contribution in [1.29, 1.82) is 0 Å². The molecular formula is C84H104N14O6. The Morgan fingerprint density at radius 2 is 0.875 bits per heavy atom. The smallest absolute Gasteiger partial charge is 0.241 e. The van der Waals surface area contributed by atoms with E-state index in [4.69, 9.17) is 18.1 Å². The van der Waals surface area contributed by atoms with Gasteiger partial charge < -0.3 is 23.0 Å². The van der Waals surface area contributed by atoms with Crippen LogP contribution in [-0.2, 0) is 48.6 Å². The third-order valence-electron chi connectivity index (χ3n) is 20.9. The molecule has 5 aromatic heterocycles. The maximum atomic E-state index is 12.7. The predicted octanol–water partition coefficient (Wildman–Crippen LogP) is 15.5. The van der Waals surface area contributed by atoms with E-state index in [0.717, 1.165) is 138 Å². The van der Waals surface area contributed by atoms with Gasteiger partial charge in [-0.1, -0.05) is 189 Å². The molecule has 20 nitrogen and oxygen atoms in total. The van der Waals surface area contributed by atoms with Gasteiger partial charge in [-0.2, -0.15) is 19.9 Å². The van der Waals surface area contributed by atoms with Gasteiger partial charge in [0.25, 0.3) is 0 Å². The van der Waals surface area contributed by atoms with Gasteiger partial charge in [-0.25, -0.2) is 0 Å². The van der Waals surface area contributed by atoms with Gasteiger partial charge in [0.05, 0.1) is 26.2 Å². The summed E-state index contributed by atoms with van der Waals surface area (Å²) >= 11 is 0. The second kappa shape index (κ2) is 38.1. The first-order chi connectivity index (χ1) is 50.8. The first kappa shape index (κ1) is 74.7. The first-order valence-corrected chi connectivity index (χ1v) is 38.0. The van der Waals surface area contributed by atoms with Crippen molar-refractivity contribution in [1.82, 2.24) is 70.0 Å². The second-order valence-electron chi connectivity index (χ2n) is 29.3. The predicted molar refractivity (Wildman–Crippen MR) is 403 cm³/mol. The number of aryl methyl sites for hydroxylation is 6. The molecule has 5 saturated heterocycles. The number of hydrogen-bond donors (Lipinski definition) is 0. The normalized spacial score (nSPS) is 18.7. The Morgan fingerprint density at radius 1 is 0.413 bits per heavy atom. The molecule has 0 aliphatic carbocycles. The molecule has 0 bridgehead atoms. The summed E-state index contributed by atoms with van der Waals surface area (Å²) in [5, 5.41) is 16.5. The zero-order valence-electron chi connectivity index (χ0n) is 61.7. The number of rotatable bonds is 22. The molecule has 5 fully saturated rings. The number of piperidine rings is 5. The minimum absolute atomic E-state index is 0.104. The van der Waals surface area contributed by atoms with E-state index in [-0.39, 0.29) is 11.8 Å². The molecule has 10 aromatic rings. The molecule has 0 spiro atoms. The number of hydrogen-bond acceptors (Lipinski definition) is 20. The highest BCUT2D eigenvalue weighted by molar-refractivity contribution is 5.81. The van der Waals surface area contributed by atoms with E-state index in [1.807, 2.05) is 91.1 Å². The van der Waals surface area contributed by atoms with Crippen molar-refractivity contribution in [2.75, 3.05) is 65.4 Å². The topological polar surface area (TPSA) is 219 Å². The van der Waals surface area contributed by atoms with E-state index >= 15 is 0 Å². The van der Waals surface area contributed by atoms with Crippen LogP contribution in [0.2, 0.25) is 0 Å². The van der Waals surface area contributed by atoms with Gasteiger partial charge in [-0.15, -0.1) is 0 Å². The van der Waals surface area contributed by atoms with Crippen LogP contribution in [0.1, 0.15) is 154 Å². The summed E-state index contributed by atoms with van der Waals surface area (Å²) in [4.78, 5) is 59.0. The fourth-order valence-corrected chi connectivity index (χ4v) is 14.8. The molecule has 104 heavy (non-hydrogen) atoms. The molecule has 5 aliphatic rings. The van der Waals surface area contributed by atoms with Crippen molar-refractivity contribution >= 4 is 11.6 Å². The summed E-state index contributed by atoms with van der Waals surface area (Å²) in [6, 6.07) is 49.6. The fourth-order valence-electron chi connectivity index (χ4n) is 14.8. The van der Waals surface area contributed by atoms with Gasteiger partial charge in [0.1, 0.15) is 11.6 Å². The first-order valence-electron chi connectivity index (χ1n) is 38.0. The van der Waals surface area contributed by atoms with Crippen LogP contribution in [-0.4, -0.2) is 153 Å². The zero-order chi connectivity index (χ0) is 71.8. The standard InChI is InChI=1S/C24H27N3O2.C22H26N4O.C21H30N4O.C17H21N3O2/c1-18-9-12-20(13-10-18)24-25-23(29-26-24)17-27-15-5-8-21(16-27)22(28)14-11-19-6-3-2-4-7-19;1-17-8-10-18(11-9-17)22-24-21(27-25-22)16-26-15-5-3-7-20(26)13-12-19-6-2-4-14-23-19;1-17-7-9-19(10-8-17)21-22-20(26-23-21)16-25-13-5-6-18(15-25)14-24-11-3-2-4-12-24;1-12-3-5-15(6-4-12)17-18-16(22-19-17)11-20-9-7-14(8-10-20)13(2)21/h2-4,6-7,9-10,12-13,21H,5,8,11,14-17H2,1H3;2,4,6,8-11,14,20H,3,5,7,12-13,15-16H2,1H3;7-10,18H,2-6,11-16H2,1H3;3-6,14H,7-11H2,1-2H3. The minimum Gasteiger partial charge on any atom is -0.338 e. The number of carbonyl (C=O) groups excluding carboxylic acids is 2. The van der Waals surface area contributed by atoms with Gasteiger partial charge in [-0.05, 0) is 188 Å². The quantitative estimate of drug-likeness (QED) is 0.0616. The number of carbonyl (C=O) groups is 2. The van der Waals surface area contributed by atoms with Gasteiger partial charge in [0.15, 0.2) is 0 Å². The highest BCUT2D eigenvalue weighted by atomic mass is 16.5. The Balaban J connectivity index is 0.000000131. The SMILES string of the molecule is CC(=O)C1CCN(Cc2nc(-c3ccc(C)cc3)no2)CC1.Cc1ccc(-c2noc(CN3CCCC(C(=O)CCc4ccccc4)C3)n2)cc1.Cc1ccc(-c2noc(CN3CCCC(CN4CCCCC4)C3)n2)cc1.Cc1ccc(-c2noc(CN3CCCCC3CCc3ccccn3)n2)cc1. The highest BCUT2D eigenvalue weighted by Gasteiger charge is 2.30. The monoisotopic (exact) mass is 1400 g/mol. The summed E-state index contributed by atoms with van der Waals surface area (Å²) in [5.74, 6) is 7.08. The lowest BCUT2D eigenvalue weighted by atomic mass is 9.90. The molecule has 3 atom stereocenters. The number of pyridine rings is 1. The number of benzene rings is 5. The Kier molecular flexibility index (Phi) is 27.4. The summed E-state index contributed by atoms with van der Waals surface area (Å²) in [6.07, 6.45) is 19.8. The number of likely N-dealkylation sites (tertiary alicyclic amines) is 5. The molecule has 0 N–H and O–H groups in total. The van der Waals surface area contributed by atoms with E-state index < -0.39 is 0 Å². The van der Waals surface area contributed by atoms with E-state index in [1.165, 1.54) is 105 Å². The molecule has 0 saturated carbocycles. The lowest BCUT2D eigenvalue weighted by Gasteiger charge is -2.36. The van der Waals surface area contributed by atoms with Gasteiger partial charge in [0.2, 0.25) is 46.9 Å². The van der Waals surface area contributed by atoms with Crippen LogP contribution < -0.4 is 0 Å². The number of ketones is 2. The van der Waals surface area contributed by atoms with Crippen molar-refractivity contribution < 1.29 is 27.7 Å². The average Bonchev–Trinajstić information content (AvgIpc) is 1.66. The van der Waals surface area contributed by atoms with E-state index in [1.54, 1.807) is 6.92 Å².